The van der Waals surface area contributed by atoms with Gasteiger partial charge in [0.1, 0.15) is 5.75 Å². The van der Waals surface area contributed by atoms with E-state index in [1.165, 1.54) is 5.56 Å². The van der Waals surface area contributed by atoms with Gasteiger partial charge in [-0.25, -0.2) is 0 Å². The molecule has 0 unspecified atom stereocenters. The third kappa shape index (κ3) is 5.09. The Labute approximate surface area is 137 Å². The number of ether oxygens (including phenoxy) is 1. The van der Waals surface area contributed by atoms with Crippen molar-refractivity contribution in [2.75, 3.05) is 0 Å². The summed E-state index contributed by atoms with van der Waals surface area (Å²) in [6.45, 7) is 7.81. The Hall–Kier alpha value is -2.36. The molecule has 0 bridgehead atoms. The van der Waals surface area contributed by atoms with Crippen LogP contribution in [0.5, 0.6) is 5.75 Å². The second-order valence-corrected chi connectivity index (χ2v) is 5.94. The minimum absolute atomic E-state index is 0.00297. The number of pyridine rings is 1. The third-order valence-corrected chi connectivity index (χ3v) is 3.79. The number of benzene rings is 1. The minimum Gasteiger partial charge on any atom is -0.481 e. The molecule has 1 N–H and O–H groups in total. The van der Waals surface area contributed by atoms with Gasteiger partial charge >= 0.3 is 0 Å². The van der Waals surface area contributed by atoms with Gasteiger partial charge in [0.05, 0.1) is 0 Å². The molecular formula is C19H24N2O2. The van der Waals surface area contributed by atoms with Crippen molar-refractivity contribution in [3.8, 4) is 5.75 Å². The van der Waals surface area contributed by atoms with Crippen LogP contribution >= 0.6 is 0 Å². The number of carbonyl (C=O) groups excluding carboxylic acids is 1. The lowest BCUT2D eigenvalue weighted by molar-refractivity contribution is -0.127. The van der Waals surface area contributed by atoms with Crippen molar-refractivity contribution in [1.82, 2.24) is 10.3 Å². The lowest BCUT2D eigenvalue weighted by Crippen LogP contribution is -2.42. The van der Waals surface area contributed by atoms with Crippen molar-refractivity contribution in [2.45, 2.75) is 46.3 Å². The van der Waals surface area contributed by atoms with Crippen molar-refractivity contribution < 1.29 is 9.53 Å². The van der Waals surface area contributed by atoms with Crippen LogP contribution in [0.2, 0.25) is 0 Å². The summed E-state index contributed by atoms with van der Waals surface area (Å²) in [7, 11) is 0. The van der Waals surface area contributed by atoms with E-state index in [4.69, 9.17) is 4.74 Å². The van der Waals surface area contributed by atoms with Gasteiger partial charge in [0.25, 0.3) is 5.91 Å². The van der Waals surface area contributed by atoms with E-state index in [1.54, 1.807) is 13.1 Å². The van der Waals surface area contributed by atoms with Gasteiger partial charge in [-0.3, -0.25) is 9.78 Å². The zero-order chi connectivity index (χ0) is 16.8. The monoisotopic (exact) mass is 312 g/mol. The molecule has 1 aromatic carbocycles. The van der Waals surface area contributed by atoms with Crippen LogP contribution in [-0.2, 0) is 11.2 Å². The number of hydrogen-bond acceptors (Lipinski definition) is 3. The van der Waals surface area contributed by atoms with E-state index >= 15 is 0 Å². The first-order valence-electron chi connectivity index (χ1n) is 7.90. The molecule has 1 aromatic heterocycles. The number of aromatic nitrogens is 1. The summed E-state index contributed by atoms with van der Waals surface area (Å²) in [6, 6.07) is 11.6. The molecule has 122 valence electrons. The van der Waals surface area contributed by atoms with E-state index in [0.717, 1.165) is 11.3 Å². The first-order valence-corrected chi connectivity index (χ1v) is 7.90. The normalized spacial score (nSPS) is 13.2. The average molecular weight is 312 g/mol. The maximum Gasteiger partial charge on any atom is 0.260 e. The maximum absolute atomic E-state index is 12.2. The Morgan fingerprint density at radius 1 is 1.17 bits per heavy atom. The second kappa shape index (κ2) is 7.77. The molecule has 0 aliphatic carbocycles. The molecule has 0 aliphatic heterocycles. The Morgan fingerprint density at radius 2 is 1.96 bits per heavy atom. The molecule has 2 atom stereocenters. The smallest absolute Gasteiger partial charge is 0.260 e. The Balaban J connectivity index is 1.87. The number of nitrogens with zero attached hydrogens (tertiary/aromatic N) is 1. The highest BCUT2D eigenvalue weighted by Crippen LogP contribution is 2.17. The van der Waals surface area contributed by atoms with Gasteiger partial charge in [0.15, 0.2) is 6.10 Å². The summed E-state index contributed by atoms with van der Waals surface area (Å²) in [6.07, 6.45) is 1.92. The van der Waals surface area contributed by atoms with Gasteiger partial charge in [-0.15, -0.1) is 0 Å². The van der Waals surface area contributed by atoms with Crippen LogP contribution in [-0.4, -0.2) is 23.0 Å². The van der Waals surface area contributed by atoms with Crippen molar-refractivity contribution in [3.05, 3.63) is 59.4 Å². The van der Waals surface area contributed by atoms with Gasteiger partial charge in [-0.05, 0) is 63.1 Å². The molecule has 0 saturated carbocycles. The standard InChI is InChI=1S/C19H24N2O2/c1-13-8-9-18(11-14(13)2)23-16(4)19(22)21-15(3)12-17-7-5-6-10-20-17/h5-11,15-16H,12H2,1-4H3,(H,21,22)/t15-,16-/m1/s1. The molecule has 2 rings (SSSR count). The van der Waals surface area contributed by atoms with E-state index in [0.29, 0.717) is 12.2 Å². The molecule has 4 nitrogen and oxygen atoms in total. The zero-order valence-electron chi connectivity index (χ0n) is 14.2. The van der Waals surface area contributed by atoms with Crippen molar-refractivity contribution in [2.24, 2.45) is 0 Å². The summed E-state index contributed by atoms with van der Waals surface area (Å²) in [5.74, 6) is 0.597. The molecule has 0 saturated heterocycles. The topological polar surface area (TPSA) is 51.2 Å². The summed E-state index contributed by atoms with van der Waals surface area (Å²) < 4.78 is 5.74. The average Bonchev–Trinajstić information content (AvgIpc) is 2.51. The highest BCUT2D eigenvalue weighted by molar-refractivity contribution is 5.81. The van der Waals surface area contributed by atoms with Crippen molar-refractivity contribution in [1.29, 1.82) is 0 Å². The first-order chi connectivity index (χ1) is 11.0. The fraction of sp³-hybridized carbons (Fsp3) is 0.368. The molecule has 23 heavy (non-hydrogen) atoms. The minimum atomic E-state index is -0.539. The fourth-order valence-corrected chi connectivity index (χ4v) is 2.29. The number of rotatable bonds is 6. The summed E-state index contributed by atoms with van der Waals surface area (Å²) in [4.78, 5) is 16.5. The van der Waals surface area contributed by atoms with Crippen LogP contribution in [0, 0.1) is 13.8 Å². The first kappa shape index (κ1) is 17.0. The maximum atomic E-state index is 12.2. The largest absolute Gasteiger partial charge is 0.481 e. The van der Waals surface area contributed by atoms with Crippen molar-refractivity contribution in [3.63, 3.8) is 0 Å². The van der Waals surface area contributed by atoms with Crippen LogP contribution in [0.25, 0.3) is 0 Å². The number of aryl methyl sites for hydroxylation is 2. The predicted molar refractivity (Wildman–Crippen MR) is 91.6 cm³/mol. The van der Waals surface area contributed by atoms with Crippen LogP contribution in [0.4, 0.5) is 0 Å². The van der Waals surface area contributed by atoms with Gasteiger partial charge in [-0.1, -0.05) is 12.1 Å². The number of carbonyl (C=O) groups is 1. The number of hydrogen-bond donors (Lipinski definition) is 1. The van der Waals surface area contributed by atoms with Gasteiger partial charge in [0.2, 0.25) is 0 Å². The molecular weight excluding hydrogens is 288 g/mol. The second-order valence-electron chi connectivity index (χ2n) is 5.94. The van der Waals surface area contributed by atoms with Gasteiger partial charge in [-0.2, -0.15) is 0 Å². The van der Waals surface area contributed by atoms with Gasteiger partial charge in [0, 0.05) is 24.4 Å². The summed E-state index contributed by atoms with van der Waals surface area (Å²) >= 11 is 0. The number of nitrogens with one attached hydrogen (secondary N) is 1. The molecule has 0 radical (unpaired) electrons. The zero-order valence-corrected chi connectivity index (χ0v) is 14.2. The third-order valence-electron chi connectivity index (χ3n) is 3.79. The van der Waals surface area contributed by atoms with E-state index < -0.39 is 6.10 Å². The van der Waals surface area contributed by atoms with Crippen LogP contribution < -0.4 is 10.1 Å². The van der Waals surface area contributed by atoms with E-state index in [2.05, 4.69) is 17.2 Å². The number of amides is 1. The molecule has 0 aliphatic rings. The van der Waals surface area contributed by atoms with Crippen LogP contribution in [0.1, 0.15) is 30.7 Å². The summed E-state index contributed by atoms with van der Waals surface area (Å²) in [5, 5.41) is 2.97. The van der Waals surface area contributed by atoms with E-state index in [-0.39, 0.29) is 11.9 Å². The predicted octanol–water partition coefficient (Wildman–Crippen LogP) is 3.21. The lowest BCUT2D eigenvalue weighted by Gasteiger charge is -2.19. The molecule has 0 fully saturated rings. The highest BCUT2D eigenvalue weighted by Gasteiger charge is 2.17. The summed E-state index contributed by atoms with van der Waals surface area (Å²) in [5.41, 5.74) is 3.32. The highest BCUT2D eigenvalue weighted by atomic mass is 16.5. The fourth-order valence-electron chi connectivity index (χ4n) is 2.29. The SMILES string of the molecule is Cc1ccc(O[C@H](C)C(=O)N[C@H](C)Cc2ccccn2)cc1C. The Kier molecular flexibility index (Phi) is 5.74. The molecule has 4 heteroatoms. The lowest BCUT2D eigenvalue weighted by atomic mass is 10.1. The van der Waals surface area contributed by atoms with Gasteiger partial charge < -0.3 is 10.1 Å². The van der Waals surface area contributed by atoms with E-state index in [1.807, 2.05) is 50.2 Å². The van der Waals surface area contributed by atoms with Crippen LogP contribution in [0.3, 0.4) is 0 Å². The molecule has 2 aromatic rings. The Bertz CT molecular complexity index is 656. The van der Waals surface area contributed by atoms with Crippen LogP contribution in [0.15, 0.2) is 42.6 Å². The molecule has 1 heterocycles. The Morgan fingerprint density at radius 3 is 2.61 bits per heavy atom. The quantitative estimate of drug-likeness (QED) is 0.891. The van der Waals surface area contributed by atoms with Crippen molar-refractivity contribution >= 4 is 5.91 Å². The molecule has 1 amide bonds. The van der Waals surface area contributed by atoms with E-state index in [9.17, 15) is 4.79 Å². The molecule has 0 spiro atoms.